The zero-order valence-electron chi connectivity index (χ0n) is 28.4. The topological polar surface area (TPSA) is 48.8 Å². The molecule has 12 aromatic rings. The van der Waals surface area contributed by atoms with Crippen LogP contribution >= 0.6 is 0 Å². The smallest absolute Gasteiger partial charge is 0.235 e. The quantitative estimate of drug-likeness (QED) is 0.187. The lowest BCUT2D eigenvalue weighted by molar-refractivity contribution is 0.670. The van der Waals surface area contributed by atoms with Gasteiger partial charge in [-0.25, -0.2) is 9.97 Å². The molecule has 0 saturated carbocycles. The second kappa shape index (κ2) is 10.6. The van der Waals surface area contributed by atoms with Crippen LogP contribution in [0.25, 0.3) is 110 Å². The van der Waals surface area contributed by atoms with Crippen LogP contribution in [-0.2, 0) is 0 Å². The third-order valence-electron chi connectivity index (χ3n) is 10.9. The van der Waals surface area contributed by atoms with Crippen molar-refractivity contribution in [3.05, 3.63) is 170 Å². The maximum Gasteiger partial charge on any atom is 0.235 e. The van der Waals surface area contributed by atoms with Gasteiger partial charge in [0, 0.05) is 55.0 Å². The molecule has 0 aliphatic carbocycles. The average Bonchev–Trinajstić information content (AvgIpc) is 3.89. The highest BCUT2D eigenvalue weighted by molar-refractivity contribution is 6.35. The maximum atomic E-state index is 7.14. The highest BCUT2D eigenvalue weighted by Gasteiger charge is 2.25. The Morgan fingerprint density at radius 2 is 0.981 bits per heavy atom. The minimum atomic E-state index is 0.608. The Kier molecular flexibility index (Phi) is 5.71. The van der Waals surface area contributed by atoms with Gasteiger partial charge in [-0.2, -0.15) is 0 Å². The van der Waals surface area contributed by atoms with Crippen molar-refractivity contribution < 1.29 is 4.42 Å². The van der Waals surface area contributed by atoms with Crippen LogP contribution < -0.4 is 0 Å². The van der Waals surface area contributed by atoms with Gasteiger partial charge in [0.1, 0.15) is 11.1 Å². The lowest BCUT2D eigenvalue weighted by Gasteiger charge is -2.12. The van der Waals surface area contributed by atoms with Crippen LogP contribution in [0.5, 0.6) is 0 Å². The standard InChI is InChI=1S/C48H28N4O/c1-2-14-29(15-3-1)45-35-20-6-10-22-38(35)49-48(50-45)52-41-25-13-9-21-36(41)43-33-18-4-5-19-34(33)44-37-27-26-30(28-42(37)53-47(44)46(43)52)51-39-23-11-7-16-31(39)32-17-8-12-24-40(32)51/h1-28H. The number of rotatable bonds is 3. The van der Waals surface area contributed by atoms with Gasteiger partial charge in [-0.1, -0.05) is 127 Å². The van der Waals surface area contributed by atoms with E-state index in [1.165, 1.54) is 27.2 Å². The first-order valence-electron chi connectivity index (χ1n) is 17.9. The fourth-order valence-corrected chi connectivity index (χ4v) is 8.69. The van der Waals surface area contributed by atoms with E-state index >= 15 is 0 Å². The molecule has 0 aliphatic rings. The summed E-state index contributed by atoms with van der Waals surface area (Å²) in [7, 11) is 0. The van der Waals surface area contributed by atoms with Crippen molar-refractivity contribution in [1.29, 1.82) is 0 Å². The van der Waals surface area contributed by atoms with Gasteiger partial charge in [0.15, 0.2) is 5.58 Å². The summed E-state index contributed by atoms with van der Waals surface area (Å²) in [4.78, 5) is 10.6. The van der Waals surface area contributed by atoms with Crippen molar-refractivity contribution in [3.8, 4) is 22.9 Å². The number of nitrogens with zero attached hydrogens (tertiary/aromatic N) is 4. The van der Waals surface area contributed by atoms with Crippen molar-refractivity contribution >= 4 is 87.2 Å². The molecule has 0 N–H and O–H groups in total. The van der Waals surface area contributed by atoms with Crippen molar-refractivity contribution in [1.82, 2.24) is 19.1 Å². The van der Waals surface area contributed by atoms with E-state index in [4.69, 9.17) is 14.4 Å². The molecule has 0 spiro atoms. The summed E-state index contributed by atoms with van der Waals surface area (Å²) in [6.45, 7) is 0. The van der Waals surface area contributed by atoms with Crippen molar-refractivity contribution in [2.75, 3.05) is 0 Å². The van der Waals surface area contributed by atoms with Gasteiger partial charge in [0.25, 0.3) is 0 Å². The third-order valence-corrected chi connectivity index (χ3v) is 10.9. The molecule has 0 bridgehead atoms. The van der Waals surface area contributed by atoms with Gasteiger partial charge >= 0.3 is 0 Å². The monoisotopic (exact) mass is 676 g/mol. The van der Waals surface area contributed by atoms with Gasteiger partial charge in [-0.05, 0) is 47.2 Å². The highest BCUT2D eigenvalue weighted by atomic mass is 16.3. The molecular formula is C48H28N4O. The Bertz CT molecular complexity index is 3410. The summed E-state index contributed by atoms with van der Waals surface area (Å²) in [5.74, 6) is 0.608. The Hall–Kier alpha value is -7.24. The highest BCUT2D eigenvalue weighted by Crippen LogP contribution is 2.46. The average molecular weight is 677 g/mol. The molecule has 0 radical (unpaired) electrons. The van der Waals surface area contributed by atoms with Crippen LogP contribution in [0, 0.1) is 0 Å². The molecule has 0 fully saturated rings. The molecule has 0 unspecified atom stereocenters. The van der Waals surface area contributed by atoms with Crippen LogP contribution in [0.3, 0.4) is 0 Å². The molecule has 0 aliphatic heterocycles. The van der Waals surface area contributed by atoms with Crippen LogP contribution in [-0.4, -0.2) is 19.1 Å². The van der Waals surface area contributed by atoms with Crippen LogP contribution in [0.4, 0.5) is 0 Å². The number of hydrogen-bond acceptors (Lipinski definition) is 3. The zero-order chi connectivity index (χ0) is 34.6. The summed E-state index contributed by atoms with van der Waals surface area (Å²) in [6.07, 6.45) is 0. The molecule has 8 aromatic carbocycles. The molecule has 53 heavy (non-hydrogen) atoms. The molecular weight excluding hydrogens is 649 g/mol. The van der Waals surface area contributed by atoms with E-state index in [-0.39, 0.29) is 0 Å². The zero-order valence-corrected chi connectivity index (χ0v) is 28.4. The molecule has 12 rings (SSSR count). The second-order valence-corrected chi connectivity index (χ2v) is 13.7. The first kappa shape index (κ1) is 28.5. The second-order valence-electron chi connectivity index (χ2n) is 13.7. The summed E-state index contributed by atoms with van der Waals surface area (Å²) in [5.41, 5.74) is 9.87. The van der Waals surface area contributed by atoms with Gasteiger partial charge in [-0.15, -0.1) is 0 Å². The minimum Gasteiger partial charge on any atom is -0.454 e. The summed E-state index contributed by atoms with van der Waals surface area (Å²) in [5, 5.41) is 10.2. The molecule has 0 atom stereocenters. The molecule has 5 nitrogen and oxygen atoms in total. The number of aromatic nitrogens is 4. The molecule has 0 amide bonds. The van der Waals surface area contributed by atoms with Gasteiger partial charge in [0.05, 0.1) is 27.8 Å². The van der Waals surface area contributed by atoms with Crippen LogP contribution in [0.2, 0.25) is 0 Å². The van der Waals surface area contributed by atoms with E-state index < -0.39 is 0 Å². The van der Waals surface area contributed by atoms with E-state index in [1.807, 2.05) is 12.1 Å². The van der Waals surface area contributed by atoms with Gasteiger partial charge < -0.3 is 8.98 Å². The van der Waals surface area contributed by atoms with Crippen LogP contribution in [0.15, 0.2) is 174 Å². The number of benzene rings is 8. The molecule has 0 saturated heterocycles. The van der Waals surface area contributed by atoms with Crippen molar-refractivity contribution in [2.24, 2.45) is 0 Å². The van der Waals surface area contributed by atoms with Crippen molar-refractivity contribution in [3.63, 3.8) is 0 Å². The number of fused-ring (bicyclic) bond motifs is 14. The predicted octanol–water partition coefficient (Wildman–Crippen LogP) is 12.5. The third kappa shape index (κ3) is 3.91. The minimum absolute atomic E-state index is 0.608. The summed E-state index contributed by atoms with van der Waals surface area (Å²) < 4.78 is 11.7. The lowest BCUT2D eigenvalue weighted by atomic mass is 9.98. The van der Waals surface area contributed by atoms with Crippen molar-refractivity contribution in [2.45, 2.75) is 0 Å². The largest absolute Gasteiger partial charge is 0.454 e. The Balaban J connectivity index is 1.23. The van der Waals surface area contributed by atoms with E-state index in [9.17, 15) is 0 Å². The SMILES string of the molecule is c1ccc(-c2nc(-n3c4ccccc4c4c5ccccc5c5c6ccc(-n7c8ccccc8c8ccccc87)cc6oc5c43)nc3ccccc23)cc1. The summed E-state index contributed by atoms with van der Waals surface area (Å²) >= 11 is 0. The predicted molar refractivity (Wildman–Crippen MR) is 218 cm³/mol. The van der Waals surface area contributed by atoms with Gasteiger partial charge in [0.2, 0.25) is 5.95 Å². The molecule has 5 heteroatoms. The molecule has 4 aromatic heterocycles. The van der Waals surface area contributed by atoms with E-state index in [0.717, 1.165) is 77.0 Å². The van der Waals surface area contributed by atoms with Gasteiger partial charge in [-0.3, -0.25) is 4.57 Å². The van der Waals surface area contributed by atoms with E-state index in [2.05, 4.69) is 167 Å². The lowest BCUT2D eigenvalue weighted by Crippen LogP contribution is -2.03. The fourth-order valence-electron chi connectivity index (χ4n) is 8.69. The summed E-state index contributed by atoms with van der Waals surface area (Å²) in [6, 6.07) is 59.8. The Morgan fingerprint density at radius 1 is 0.415 bits per heavy atom. The Labute approximate surface area is 302 Å². The maximum absolute atomic E-state index is 7.14. The Morgan fingerprint density at radius 3 is 1.70 bits per heavy atom. The fraction of sp³-hybridized carbons (Fsp3) is 0. The molecule has 246 valence electrons. The first-order chi connectivity index (χ1) is 26.3. The number of furan rings is 1. The normalized spacial score (nSPS) is 12.2. The van der Waals surface area contributed by atoms with E-state index in [1.54, 1.807) is 0 Å². The number of para-hydroxylation sites is 4. The first-order valence-corrected chi connectivity index (χ1v) is 17.9. The number of hydrogen-bond donors (Lipinski definition) is 0. The van der Waals surface area contributed by atoms with Crippen LogP contribution in [0.1, 0.15) is 0 Å². The van der Waals surface area contributed by atoms with E-state index in [0.29, 0.717) is 5.95 Å². The molecule has 4 heterocycles.